The number of aromatic nitrogens is 1. The fraction of sp³-hybridized carbons (Fsp3) is 0.500. The van der Waals surface area contributed by atoms with Crippen LogP contribution in [0.25, 0.3) is 11.3 Å². The first kappa shape index (κ1) is 19.0. The van der Waals surface area contributed by atoms with E-state index in [1.54, 1.807) is 32.2 Å². The molecule has 26 heavy (non-hydrogen) atoms. The molecule has 0 radical (unpaired) electrons. The van der Waals surface area contributed by atoms with Gasteiger partial charge in [0.15, 0.2) is 9.84 Å². The van der Waals surface area contributed by atoms with Crippen LogP contribution >= 0.6 is 0 Å². The number of benzene rings is 1. The van der Waals surface area contributed by atoms with Crippen molar-refractivity contribution in [1.82, 2.24) is 10.3 Å². The fourth-order valence-electron chi connectivity index (χ4n) is 3.51. The topological polar surface area (TPSA) is 71.2 Å². The smallest absolute Gasteiger partial charge is 0.178 e. The van der Waals surface area contributed by atoms with Gasteiger partial charge in [-0.15, -0.1) is 0 Å². The van der Waals surface area contributed by atoms with Crippen molar-refractivity contribution in [3.05, 3.63) is 36.0 Å². The molecule has 2 N–H and O–H groups in total. The standard InChI is InChI=1S/C20H28N2O3S/c1-3-26(23,24)17-9-11-20(25-2)18(14-17)19-10-8-16(22-19)13-15-7-5-4-6-12-21-15/h8-11,14-15,21-22H,3-7,12-13H2,1-2H3. The first-order chi connectivity index (χ1) is 12.5. The van der Waals surface area contributed by atoms with Gasteiger partial charge in [-0.1, -0.05) is 19.8 Å². The predicted octanol–water partition coefficient (Wildman–Crippen LogP) is 3.56. The van der Waals surface area contributed by atoms with Crippen LogP contribution in [0.2, 0.25) is 0 Å². The predicted molar refractivity (Wildman–Crippen MR) is 104 cm³/mol. The second kappa shape index (κ2) is 8.27. The molecule has 3 rings (SSSR count). The number of methoxy groups -OCH3 is 1. The summed E-state index contributed by atoms with van der Waals surface area (Å²) in [5.74, 6) is 0.753. The van der Waals surface area contributed by atoms with Gasteiger partial charge in [0, 0.05) is 29.4 Å². The number of ether oxygens (including phenoxy) is 1. The molecule has 1 fully saturated rings. The average molecular weight is 377 g/mol. The van der Waals surface area contributed by atoms with Gasteiger partial charge >= 0.3 is 0 Å². The summed E-state index contributed by atoms with van der Waals surface area (Å²) in [7, 11) is -1.65. The third-order valence-corrected chi connectivity index (χ3v) is 6.81. The second-order valence-electron chi connectivity index (χ2n) is 6.87. The third kappa shape index (κ3) is 4.30. The Bertz CT molecular complexity index is 834. The number of H-pyrrole nitrogens is 1. The molecule has 1 unspecified atom stereocenters. The van der Waals surface area contributed by atoms with E-state index in [1.807, 2.05) is 6.07 Å². The summed E-state index contributed by atoms with van der Waals surface area (Å²) in [5.41, 5.74) is 2.82. The molecular formula is C20H28N2O3S. The van der Waals surface area contributed by atoms with E-state index in [0.29, 0.717) is 16.7 Å². The number of nitrogens with one attached hydrogen (secondary N) is 2. The van der Waals surface area contributed by atoms with E-state index >= 15 is 0 Å². The number of hydrogen-bond donors (Lipinski definition) is 2. The maximum atomic E-state index is 12.2. The van der Waals surface area contributed by atoms with Crippen LogP contribution in [-0.2, 0) is 16.3 Å². The molecule has 6 heteroatoms. The highest BCUT2D eigenvalue weighted by Crippen LogP contribution is 2.32. The molecule has 1 saturated heterocycles. The van der Waals surface area contributed by atoms with Crippen LogP contribution < -0.4 is 10.1 Å². The summed E-state index contributed by atoms with van der Waals surface area (Å²) in [5, 5.41) is 3.61. The monoisotopic (exact) mass is 376 g/mol. The third-order valence-electron chi connectivity index (χ3n) is 5.08. The molecule has 142 valence electrons. The van der Waals surface area contributed by atoms with E-state index in [-0.39, 0.29) is 5.75 Å². The summed E-state index contributed by atoms with van der Waals surface area (Å²) < 4.78 is 29.9. The highest BCUT2D eigenvalue weighted by Gasteiger charge is 2.17. The summed E-state index contributed by atoms with van der Waals surface area (Å²) in [4.78, 5) is 3.78. The van der Waals surface area contributed by atoms with Gasteiger partial charge < -0.3 is 15.0 Å². The van der Waals surface area contributed by atoms with Crippen LogP contribution in [0.15, 0.2) is 35.2 Å². The van der Waals surface area contributed by atoms with Gasteiger partial charge in [-0.2, -0.15) is 0 Å². The quantitative estimate of drug-likeness (QED) is 0.809. The maximum absolute atomic E-state index is 12.2. The number of hydrogen-bond acceptors (Lipinski definition) is 4. The normalized spacial score (nSPS) is 18.5. The van der Waals surface area contributed by atoms with Crippen LogP contribution in [0.4, 0.5) is 0 Å². The minimum absolute atomic E-state index is 0.0854. The van der Waals surface area contributed by atoms with E-state index in [0.717, 1.165) is 29.9 Å². The van der Waals surface area contributed by atoms with Crippen molar-refractivity contribution >= 4 is 9.84 Å². The fourth-order valence-corrected chi connectivity index (χ4v) is 4.42. The van der Waals surface area contributed by atoms with Crippen LogP contribution in [-0.4, -0.2) is 38.9 Å². The Balaban J connectivity index is 1.86. The van der Waals surface area contributed by atoms with E-state index in [9.17, 15) is 8.42 Å². The molecule has 0 amide bonds. The Kier molecular flexibility index (Phi) is 6.04. The van der Waals surface area contributed by atoms with Crippen molar-refractivity contribution < 1.29 is 13.2 Å². The molecular weight excluding hydrogens is 348 g/mol. The molecule has 1 atom stereocenters. The second-order valence-corrected chi connectivity index (χ2v) is 9.15. The summed E-state index contributed by atoms with van der Waals surface area (Å²) >= 11 is 0. The zero-order valence-electron chi connectivity index (χ0n) is 15.5. The minimum atomic E-state index is -3.25. The molecule has 1 aliphatic heterocycles. The van der Waals surface area contributed by atoms with Crippen molar-refractivity contribution in [2.75, 3.05) is 19.4 Å². The number of sulfone groups is 1. The van der Waals surface area contributed by atoms with Gasteiger partial charge in [-0.05, 0) is 49.7 Å². The molecule has 5 nitrogen and oxygen atoms in total. The van der Waals surface area contributed by atoms with E-state index in [2.05, 4.69) is 16.4 Å². The summed E-state index contributed by atoms with van der Waals surface area (Å²) in [6.07, 6.45) is 5.98. The largest absolute Gasteiger partial charge is 0.496 e. The Morgan fingerprint density at radius 2 is 2.00 bits per heavy atom. The Hall–Kier alpha value is -1.79. The maximum Gasteiger partial charge on any atom is 0.178 e. The lowest BCUT2D eigenvalue weighted by Crippen LogP contribution is -2.30. The molecule has 0 aliphatic carbocycles. The highest BCUT2D eigenvalue weighted by molar-refractivity contribution is 7.91. The van der Waals surface area contributed by atoms with Gasteiger partial charge in [0.2, 0.25) is 0 Å². The van der Waals surface area contributed by atoms with Crippen LogP contribution in [0.5, 0.6) is 5.75 Å². The zero-order valence-corrected chi connectivity index (χ0v) is 16.4. The first-order valence-corrected chi connectivity index (χ1v) is 11.0. The van der Waals surface area contributed by atoms with Gasteiger partial charge in [0.1, 0.15) is 5.75 Å². The number of aromatic amines is 1. The van der Waals surface area contributed by atoms with Crippen LogP contribution in [0.3, 0.4) is 0 Å². The molecule has 0 bridgehead atoms. The average Bonchev–Trinajstić information content (AvgIpc) is 2.96. The van der Waals surface area contributed by atoms with Crippen LogP contribution in [0.1, 0.15) is 38.3 Å². The molecule has 0 saturated carbocycles. The molecule has 0 spiro atoms. The Morgan fingerprint density at radius 3 is 2.77 bits per heavy atom. The van der Waals surface area contributed by atoms with Crippen molar-refractivity contribution in [1.29, 1.82) is 0 Å². The van der Waals surface area contributed by atoms with E-state index in [4.69, 9.17) is 4.74 Å². The SMILES string of the molecule is CCS(=O)(=O)c1ccc(OC)c(-c2ccc(CC3CCCCCN3)[nH]2)c1. The zero-order chi connectivity index (χ0) is 18.6. The van der Waals surface area contributed by atoms with Crippen molar-refractivity contribution in [3.63, 3.8) is 0 Å². The van der Waals surface area contributed by atoms with Crippen molar-refractivity contribution in [3.8, 4) is 17.0 Å². The molecule has 1 aromatic carbocycles. The Labute approximate surface area is 156 Å². The summed E-state index contributed by atoms with van der Waals surface area (Å²) in [6, 6.07) is 9.63. The lowest BCUT2D eigenvalue weighted by Gasteiger charge is -2.14. The Morgan fingerprint density at radius 1 is 1.15 bits per heavy atom. The van der Waals surface area contributed by atoms with Gasteiger partial charge in [0.05, 0.1) is 17.8 Å². The number of rotatable bonds is 6. The van der Waals surface area contributed by atoms with Crippen molar-refractivity contribution in [2.45, 2.75) is 50.0 Å². The van der Waals surface area contributed by atoms with Gasteiger partial charge in [-0.3, -0.25) is 0 Å². The van der Waals surface area contributed by atoms with E-state index in [1.165, 1.54) is 25.7 Å². The van der Waals surface area contributed by atoms with Crippen molar-refractivity contribution in [2.24, 2.45) is 0 Å². The van der Waals surface area contributed by atoms with Gasteiger partial charge in [-0.25, -0.2) is 8.42 Å². The van der Waals surface area contributed by atoms with E-state index < -0.39 is 9.84 Å². The molecule has 1 aromatic heterocycles. The molecule has 1 aliphatic rings. The summed E-state index contributed by atoms with van der Waals surface area (Å²) in [6.45, 7) is 2.74. The molecule has 2 aromatic rings. The first-order valence-electron chi connectivity index (χ1n) is 9.36. The van der Waals surface area contributed by atoms with Gasteiger partial charge in [0.25, 0.3) is 0 Å². The van der Waals surface area contributed by atoms with Crippen LogP contribution in [0, 0.1) is 0 Å². The molecule has 2 heterocycles. The minimum Gasteiger partial charge on any atom is -0.496 e. The lowest BCUT2D eigenvalue weighted by atomic mass is 10.1. The highest BCUT2D eigenvalue weighted by atomic mass is 32.2. The lowest BCUT2D eigenvalue weighted by molar-refractivity contribution is 0.416.